The fourth-order valence-corrected chi connectivity index (χ4v) is 3.42. The maximum atomic E-state index is 13.0. The molecule has 0 bridgehead atoms. The van der Waals surface area contributed by atoms with Crippen molar-refractivity contribution < 1.29 is 14.3 Å². The lowest BCUT2D eigenvalue weighted by Gasteiger charge is -2.22. The van der Waals surface area contributed by atoms with E-state index in [4.69, 9.17) is 4.74 Å². The summed E-state index contributed by atoms with van der Waals surface area (Å²) >= 11 is 0. The third kappa shape index (κ3) is 5.59. The molecule has 2 aromatic carbocycles. The Morgan fingerprint density at radius 3 is 2.31 bits per heavy atom. The maximum Gasteiger partial charge on any atom is 0.255 e. The number of nitrogens with zero attached hydrogens (tertiary/aromatic N) is 1. The molecular weight excluding hydrogens is 364 g/mol. The maximum absolute atomic E-state index is 13.0. The molecule has 0 radical (unpaired) electrons. The first kappa shape index (κ1) is 20.9. The van der Waals surface area contributed by atoms with Crippen LogP contribution in [0.15, 0.2) is 48.5 Å². The second-order valence-corrected chi connectivity index (χ2v) is 7.57. The van der Waals surface area contributed by atoms with Gasteiger partial charge in [-0.2, -0.15) is 0 Å². The van der Waals surface area contributed by atoms with Crippen molar-refractivity contribution in [1.82, 2.24) is 4.90 Å². The van der Waals surface area contributed by atoms with E-state index in [1.54, 1.807) is 36.4 Å². The number of benzene rings is 2. The molecule has 0 aliphatic carbocycles. The molecule has 5 nitrogen and oxygen atoms in total. The minimum atomic E-state index is -0.240. The van der Waals surface area contributed by atoms with Gasteiger partial charge in [0.15, 0.2) is 0 Å². The number of nitrogens with one attached hydrogen (secondary N) is 1. The average molecular weight is 395 g/mol. The number of anilines is 1. The summed E-state index contributed by atoms with van der Waals surface area (Å²) in [6.07, 6.45) is 5.45. The molecule has 1 fully saturated rings. The van der Waals surface area contributed by atoms with Crippen LogP contribution in [-0.2, 0) is 0 Å². The Morgan fingerprint density at radius 1 is 1.00 bits per heavy atom. The molecule has 2 amide bonds. The third-order valence-corrected chi connectivity index (χ3v) is 5.33. The molecule has 154 valence electrons. The number of ether oxygens (including phenoxy) is 1. The van der Waals surface area contributed by atoms with Crippen LogP contribution in [0.25, 0.3) is 0 Å². The second kappa shape index (κ2) is 10.1. The van der Waals surface area contributed by atoms with Crippen LogP contribution in [0.2, 0.25) is 0 Å². The Labute approximate surface area is 173 Å². The summed E-state index contributed by atoms with van der Waals surface area (Å²) in [5.41, 5.74) is 1.62. The highest BCUT2D eigenvalue weighted by atomic mass is 16.5. The molecule has 0 aromatic heterocycles. The molecule has 2 aromatic rings. The van der Waals surface area contributed by atoms with Gasteiger partial charge in [-0.05, 0) is 62.6 Å². The summed E-state index contributed by atoms with van der Waals surface area (Å²) in [6, 6.07) is 14.3. The van der Waals surface area contributed by atoms with Crippen LogP contribution in [0.4, 0.5) is 5.69 Å². The van der Waals surface area contributed by atoms with E-state index in [2.05, 4.69) is 12.2 Å². The normalized spacial score (nSPS) is 15.3. The first-order chi connectivity index (χ1) is 14.1. The van der Waals surface area contributed by atoms with Gasteiger partial charge in [0.25, 0.3) is 11.8 Å². The molecule has 1 heterocycles. The Kier molecular flexibility index (Phi) is 7.28. The summed E-state index contributed by atoms with van der Waals surface area (Å²) in [7, 11) is 0. The van der Waals surface area contributed by atoms with Crippen molar-refractivity contribution in [1.29, 1.82) is 0 Å². The number of rotatable bonds is 6. The Balaban J connectivity index is 1.71. The van der Waals surface area contributed by atoms with Crippen molar-refractivity contribution in [2.75, 3.05) is 18.4 Å². The van der Waals surface area contributed by atoms with E-state index >= 15 is 0 Å². The molecule has 1 saturated heterocycles. The van der Waals surface area contributed by atoms with Gasteiger partial charge in [-0.25, -0.2) is 0 Å². The second-order valence-electron chi connectivity index (χ2n) is 7.57. The zero-order valence-electron chi connectivity index (χ0n) is 17.3. The van der Waals surface area contributed by atoms with Crippen LogP contribution >= 0.6 is 0 Å². The van der Waals surface area contributed by atoms with Crippen molar-refractivity contribution in [2.45, 2.75) is 52.1 Å². The quantitative estimate of drug-likeness (QED) is 0.739. The summed E-state index contributed by atoms with van der Waals surface area (Å²) in [6.45, 7) is 5.63. The van der Waals surface area contributed by atoms with E-state index in [-0.39, 0.29) is 17.9 Å². The highest BCUT2D eigenvalue weighted by Crippen LogP contribution is 2.21. The zero-order valence-corrected chi connectivity index (χ0v) is 17.3. The van der Waals surface area contributed by atoms with Crippen molar-refractivity contribution >= 4 is 17.5 Å². The third-order valence-electron chi connectivity index (χ3n) is 5.33. The summed E-state index contributed by atoms with van der Waals surface area (Å²) < 4.78 is 5.76. The summed E-state index contributed by atoms with van der Waals surface area (Å²) in [4.78, 5) is 27.7. The number of hydrogen-bond donors (Lipinski definition) is 1. The van der Waals surface area contributed by atoms with Crippen molar-refractivity contribution in [3.63, 3.8) is 0 Å². The van der Waals surface area contributed by atoms with Gasteiger partial charge in [0.2, 0.25) is 0 Å². The van der Waals surface area contributed by atoms with E-state index in [0.717, 1.165) is 38.1 Å². The van der Waals surface area contributed by atoms with Gasteiger partial charge in [0.1, 0.15) is 5.75 Å². The van der Waals surface area contributed by atoms with Gasteiger partial charge < -0.3 is 15.0 Å². The van der Waals surface area contributed by atoms with Crippen LogP contribution in [0.5, 0.6) is 5.75 Å². The van der Waals surface area contributed by atoms with Gasteiger partial charge in [0.05, 0.1) is 17.4 Å². The molecule has 1 unspecified atom stereocenters. The van der Waals surface area contributed by atoms with E-state index in [9.17, 15) is 9.59 Å². The summed E-state index contributed by atoms with van der Waals surface area (Å²) in [5, 5.41) is 2.91. The minimum Gasteiger partial charge on any atom is -0.491 e. The molecular formula is C24H30N2O3. The van der Waals surface area contributed by atoms with E-state index < -0.39 is 0 Å². The number of amides is 2. The Hall–Kier alpha value is -2.82. The summed E-state index contributed by atoms with van der Waals surface area (Å²) in [5.74, 6) is 0.490. The molecule has 1 aliphatic rings. The number of para-hydroxylation sites is 1. The molecule has 3 rings (SSSR count). The number of likely N-dealkylation sites (tertiary alicyclic amines) is 1. The molecule has 1 aliphatic heterocycles. The standard InChI is InChI=1S/C24H30N2O3/c1-3-18(2)29-20-14-12-19(13-15-20)23(27)25-22-11-7-6-10-21(22)24(28)26-16-8-4-5-9-17-26/h6-7,10-15,18H,3-5,8-9,16-17H2,1-2H3,(H,25,27). The number of hydrogen-bond acceptors (Lipinski definition) is 3. The van der Waals surface area contributed by atoms with Crippen LogP contribution in [-0.4, -0.2) is 35.9 Å². The van der Waals surface area contributed by atoms with Gasteiger partial charge in [0, 0.05) is 18.7 Å². The Morgan fingerprint density at radius 2 is 1.66 bits per heavy atom. The molecule has 1 N–H and O–H groups in total. The largest absolute Gasteiger partial charge is 0.491 e. The lowest BCUT2D eigenvalue weighted by atomic mass is 10.1. The molecule has 0 saturated carbocycles. The lowest BCUT2D eigenvalue weighted by Crippen LogP contribution is -2.32. The predicted octanol–water partition coefficient (Wildman–Crippen LogP) is 5.13. The van der Waals surface area contributed by atoms with Crippen LogP contribution in [0, 0.1) is 0 Å². The zero-order chi connectivity index (χ0) is 20.6. The van der Waals surface area contributed by atoms with Crippen molar-refractivity contribution in [3.05, 3.63) is 59.7 Å². The molecule has 0 spiro atoms. The van der Waals surface area contributed by atoms with Gasteiger partial charge in [-0.1, -0.05) is 31.9 Å². The van der Waals surface area contributed by atoms with Crippen molar-refractivity contribution in [2.24, 2.45) is 0 Å². The van der Waals surface area contributed by atoms with E-state index in [0.29, 0.717) is 16.8 Å². The van der Waals surface area contributed by atoms with Crippen LogP contribution in [0.1, 0.15) is 66.7 Å². The highest BCUT2D eigenvalue weighted by Gasteiger charge is 2.21. The topological polar surface area (TPSA) is 58.6 Å². The number of carbonyl (C=O) groups excluding carboxylic acids is 2. The Bertz CT molecular complexity index is 824. The SMILES string of the molecule is CCC(C)Oc1ccc(C(=O)Nc2ccccc2C(=O)N2CCCCCC2)cc1. The highest BCUT2D eigenvalue weighted by molar-refractivity contribution is 6.09. The molecule has 1 atom stereocenters. The van der Waals surface area contributed by atoms with E-state index in [1.807, 2.05) is 24.0 Å². The first-order valence-electron chi connectivity index (χ1n) is 10.5. The minimum absolute atomic E-state index is 0.0138. The average Bonchev–Trinajstić information content (AvgIpc) is 3.03. The van der Waals surface area contributed by atoms with Gasteiger partial charge in [-0.15, -0.1) is 0 Å². The van der Waals surface area contributed by atoms with Gasteiger partial charge in [-0.3, -0.25) is 9.59 Å². The van der Waals surface area contributed by atoms with Crippen LogP contribution < -0.4 is 10.1 Å². The lowest BCUT2D eigenvalue weighted by molar-refractivity contribution is 0.0762. The fraction of sp³-hybridized carbons (Fsp3) is 0.417. The molecule has 29 heavy (non-hydrogen) atoms. The van der Waals surface area contributed by atoms with Crippen molar-refractivity contribution in [3.8, 4) is 5.75 Å². The van der Waals surface area contributed by atoms with Gasteiger partial charge >= 0.3 is 0 Å². The first-order valence-corrected chi connectivity index (χ1v) is 10.5. The molecule has 5 heteroatoms. The smallest absolute Gasteiger partial charge is 0.255 e. The monoisotopic (exact) mass is 394 g/mol. The number of carbonyl (C=O) groups is 2. The van der Waals surface area contributed by atoms with E-state index in [1.165, 1.54) is 12.8 Å². The fourth-order valence-electron chi connectivity index (χ4n) is 3.42. The predicted molar refractivity (Wildman–Crippen MR) is 116 cm³/mol. The van der Waals surface area contributed by atoms with Crippen LogP contribution in [0.3, 0.4) is 0 Å².